The fraction of sp³-hybridized carbons (Fsp3) is 0.333. The van der Waals surface area contributed by atoms with Gasteiger partial charge in [0.05, 0.1) is 22.9 Å². The second-order valence-electron chi connectivity index (χ2n) is 1.19. The van der Waals surface area contributed by atoms with Crippen molar-refractivity contribution >= 4 is 34.8 Å². The second-order valence-corrected chi connectivity index (χ2v) is 1.73. The van der Waals surface area contributed by atoms with Crippen LogP contribution in [0.5, 0.6) is 0 Å². The molecule has 0 fully saturated rings. The highest BCUT2D eigenvalue weighted by Gasteiger charge is 1.92. The number of aliphatic carboxylic acids is 1. The number of carboxylic acids is 1. The highest BCUT2D eigenvalue weighted by molar-refractivity contribution is 14.1. The van der Waals surface area contributed by atoms with Gasteiger partial charge < -0.3 is 10.8 Å². The standard InChI is InChI=1S/C3H6IN3O2/c4-7-3(5)6-1-2(8)9/h1H2,(H,8,9)(H3,5,6,7). The first kappa shape index (κ1) is 8.47. The molecule has 0 heterocycles. The Kier molecular flexibility index (Phi) is 4.10. The van der Waals surface area contributed by atoms with Crippen LogP contribution < -0.4 is 9.26 Å². The van der Waals surface area contributed by atoms with E-state index in [0.717, 1.165) is 0 Å². The monoisotopic (exact) mass is 243 g/mol. The molecule has 0 aliphatic heterocycles. The van der Waals surface area contributed by atoms with Gasteiger partial charge in [0, 0.05) is 0 Å². The molecule has 0 aromatic rings. The summed E-state index contributed by atoms with van der Waals surface area (Å²) in [7, 11) is 0. The van der Waals surface area contributed by atoms with Gasteiger partial charge in [-0.05, 0) is 0 Å². The Hall–Kier alpha value is -0.530. The van der Waals surface area contributed by atoms with Crippen LogP contribution in [0.4, 0.5) is 0 Å². The van der Waals surface area contributed by atoms with Crippen LogP contribution in [-0.4, -0.2) is 23.6 Å². The van der Waals surface area contributed by atoms with Crippen molar-refractivity contribution in [3.63, 3.8) is 0 Å². The number of nitrogens with zero attached hydrogens (tertiary/aromatic N) is 1. The zero-order valence-corrected chi connectivity index (χ0v) is 6.62. The minimum absolute atomic E-state index is 0.123. The average Bonchev–Trinajstić information content (AvgIpc) is 1.83. The van der Waals surface area contributed by atoms with Crippen LogP contribution in [0.15, 0.2) is 4.99 Å². The Morgan fingerprint density at radius 2 is 2.44 bits per heavy atom. The minimum Gasteiger partial charge on any atom is -0.480 e. The summed E-state index contributed by atoms with van der Waals surface area (Å²) in [6.45, 7) is -0.290. The minimum atomic E-state index is -0.996. The lowest BCUT2D eigenvalue weighted by atomic mass is 10.7. The molecule has 0 saturated heterocycles. The Bertz CT molecular complexity index is 135. The molecule has 0 aromatic heterocycles. The van der Waals surface area contributed by atoms with E-state index < -0.39 is 5.97 Å². The predicted octanol–water partition coefficient (Wildman–Crippen LogP) is -0.675. The van der Waals surface area contributed by atoms with Crippen LogP contribution in [0.25, 0.3) is 0 Å². The summed E-state index contributed by atoms with van der Waals surface area (Å²) in [5.41, 5.74) is 5.09. The predicted molar refractivity (Wildman–Crippen MR) is 41.3 cm³/mol. The summed E-state index contributed by atoms with van der Waals surface area (Å²) >= 11 is 1.76. The van der Waals surface area contributed by atoms with Crippen molar-refractivity contribution in [2.24, 2.45) is 10.7 Å². The van der Waals surface area contributed by atoms with Crippen molar-refractivity contribution in [2.45, 2.75) is 0 Å². The molecule has 0 aromatic carbocycles. The van der Waals surface area contributed by atoms with E-state index in [1.807, 2.05) is 0 Å². The van der Waals surface area contributed by atoms with E-state index in [2.05, 4.69) is 8.52 Å². The normalized spacial score (nSPS) is 11.0. The maximum Gasteiger partial charge on any atom is 0.325 e. The third kappa shape index (κ3) is 5.34. The highest BCUT2D eigenvalue weighted by atomic mass is 127. The van der Waals surface area contributed by atoms with E-state index in [4.69, 9.17) is 10.8 Å². The average molecular weight is 243 g/mol. The molecule has 9 heavy (non-hydrogen) atoms. The van der Waals surface area contributed by atoms with Crippen LogP contribution in [0.2, 0.25) is 0 Å². The molecule has 0 radical (unpaired) electrons. The quantitative estimate of drug-likeness (QED) is 0.259. The summed E-state index contributed by atoms with van der Waals surface area (Å²) in [6.07, 6.45) is 0. The van der Waals surface area contributed by atoms with E-state index >= 15 is 0 Å². The van der Waals surface area contributed by atoms with E-state index in [-0.39, 0.29) is 12.5 Å². The molecule has 5 nitrogen and oxygen atoms in total. The fourth-order valence-corrected chi connectivity index (χ4v) is 0.353. The van der Waals surface area contributed by atoms with Crippen LogP contribution in [0, 0.1) is 0 Å². The first-order valence-corrected chi connectivity index (χ1v) is 3.13. The van der Waals surface area contributed by atoms with Gasteiger partial charge in [-0.1, -0.05) is 0 Å². The zero-order chi connectivity index (χ0) is 7.28. The molecule has 0 saturated carbocycles. The smallest absolute Gasteiger partial charge is 0.325 e. The first-order valence-electron chi connectivity index (χ1n) is 2.05. The number of nitrogens with two attached hydrogens (primary N) is 1. The third-order valence-corrected chi connectivity index (χ3v) is 1.03. The number of guanidine groups is 1. The number of carboxylic acid groups (broad SMARTS) is 1. The molecule has 0 unspecified atom stereocenters. The van der Waals surface area contributed by atoms with Crippen molar-refractivity contribution in [3.8, 4) is 0 Å². The molecular formula is C3H6IN3O2. The number of carbonyl (C=O) groups is 1. The van der Waals surface area contributed by atoms with Gasteiger partial charge in [0.1, 0.15) is 6.54 Å². The van der Waals surface area contributed by atoms with Gasteiger partial charge in [0.25, 0.3) is 0 Å². The van der Waals surface area contributed by atoms with Gasteiger partial charge >= 0.3 is 5.97 Å². The Morgan fingerprint density at radius 1 is 1.89 bits per heavy atom. The molecule has 0 amide bonds. The van der Waals surface area contributed by atoms with E-state index in [1.54, 1.807) is 22.9 Å². The fourth-order valence-electron chi connectivity index (χ4n) is 0.183. The zero-order valence-electron chi connectivity index (χ0n) is 4.47. The maximum absolute atomic E-state index is 9.83. The summed E-state index contributed by atoms with van der Waals surface area (Å²) in [5.74, 6) is -0.873. The SMILES string of the molecule is N/C(=N/CC(=O)O)NI. The highest BCUT2D eigenvalue weighted by Crippen LogP contribution is 1.72. The van der Waals surface area contributed by atoms with Crippen LogP contribution >= 0.6 is 22.9 Å². The number of hydrogen-bond acceptors (Lipinski definition) is 2. The molecule has 52 valence electrons. The van der Waals surface area contributed by atoms with Crippen molar-refractivity contribution < 1.29 is 9.90 Å². The summed E-state index contributed by atoms with van der Waals surface area (Å²) in [6, 6.07) is 0. The van der Waals surface area contributed by atoms with Gasteiger partial charge in [0.15, 0.2) is 5.96 Å². The van der Waals surface area contributed by atoms with Gasteiger partial charge in [0.2, 0.25) is 0 Å². The van der Waals surface area contributed by atoms with Crippen molar-refractivity contribution in [2.75, 3.05) is 6.54 Å². The summed E-state index contributed by atoms with van der Waals surface area (Å²) in [5, 5.41) is 8.07. The van der Waals surface area contributed by atoms with Gasteiger partial charge in [-0.3, -0.25) is 8.32 Å². The molecule has 0 bridgehead atoms. The Labute approximate surface area is 65.8 Å². The summed E-state index contributed by atoms with van der Waals surface area (Å²) < 4.78 is 2.45. The lowest BCUT2D eigenvalue weighted by Gasteiger charge is -1.92. The van der Waals surface area contributed by atoms with Crippen LogP contribution in [0.1, 0.15) is 0 Å². The topological polar surface area (TPSA) is 87.7 Å². The molecular weight excluding hydrogens is 237 g/mol. The first-order chi connectivity index (χ1) is 4.16. The lowest BCUT2D eigenvalue weighted by Crippen LogP contribution is -2.24. The molecule has 0 atom stereocenters. The van der Waals surface area contributed by atoms with E-state index in [9.17, 15) is 4.79 Å². The molecule has 0 aliphatic carbocycles. The van der Waals surface area contributed by atoms with Gasteiger partial charge in [-0.15, -0.1) is 0 Å². The number of nitrogens with one attached hydrogen (secondary N) is 1. The number of rotatable bonds is 2. The van der Waals surface area contributed by atoms with E-state index in [1.165, 1.54) is 0 Å². The number of hydrogen-bond donors (Lipinski definition) is 3. The van der Waals surface area contributed by atoms with Gasteiger partial charge in [-0.25, -0.2) is 4.99 Å². The molecule has 4 N–H and O–H groups in total. The van der Waals surface area contributed by atoms with Gasteiger partial charge in [-0.2, -0.15) is 0 Å². The van der Waals surface area contributed by atoms with Crippen molar-refractivity contribution in [1.82, 2.24) is 3.53 Å². The molecule has 0 rings (SSSR count). The summed E-state index contributed by atoms with van der Waals surface area (Å²) in [4.78, 5) is 13.2. The van der Waals surface area contributed by atoms with Crippen LogP contribution in [-0.2, 0) is 4.79 Å². The van der Waals surface area contributed by atoms with Crippen molar-refractivity contribution in [3.05, 3.63) is 0 Å². The molecule has 0 spiro atoms. The third-order valence-electron chi connectivity index (χ3n) is 0.481. The Morgan fingerprint density at radius 3 is 2.78 bits per heavy atom. The maximum atomic E-state index is 9.83. The molecule has 6 heteroatoms. The largest absolute Gasteiger partial charge is 0.480 e. The number of aliphatic imine (C=N–C) groups is 1. The van der Waals surface area contributed by atoms with Crippen molar-refractivity contribution in [1.29, 1.82) is 0 Å². The lowest BCUT2D eigenvalue weighted by molar-refractivity contribution is -0.135. The number of halogens is 1. The second kappa shape index (κ2) is 4.36. The van der Waals surface area contributed by atoms with E-state index in [0.29, 0.717) is 0 Å². The Balaban J connectivity index is 3.56. The molecule has 0 aliphatic rings. The van der Waals surface area contributed by atoms with Crippen LogP contribution in [0.3, 0.4) is 0 Å².